The molecule has 0 spiro atoms. The number of allylic oxidation sites excluding steroid dienone is 2. The molecule has 0 fully saturated rings. The highest BCUT2D eigenvalue weighted by molar-refractivity contribution is 6.28. The minimum absolute atomic E-state index is 0.378. The van der Waals surface area contributed by atoms with Crippen molar-refractivity contribution in [3.63, 3.8) is 0 Å². The van der Waals surface area contributed by atoms with Gasteiger partial charge in [0, 0.05) is 40.7 Å². The van der Waals surface area contributed by atoms with Gasteiger partial charge in [-0.25, -0.2) is 9.98 Å². The van der Waals surface area contributed by atoms with Crippen LogP contribution in [0.1, 0.15) is 17.3 Å². The fourth-order valence-electron chi connectivity index (χ4n) is 6.88. The molecule has 1 unspecified atom stereocenters. The second kappa shape index (κ2) is 10.1. The van der Waals surface area contributed by atoms with E-state index in [-0.39, 0.29) is 6.17 Å². The van der Waals surface area contributed by atoms with Gasteiger partial charge in [-0.05, 0) is 29.8 Å². The summed E-state index contributed by atoms with van der Waals surface area (Å²) in [5, 5.41) is 8.50. The van der Waals surface area contributed by atoms with Crippen molar-refractivity contribution in [3.8, 4) is 0 Å². The van der Waals surface area contributed by atoms with Gasteiger partial charge in [-0.1, -0.05) is 115 Å². The lowest BCUT2D eigenvalue weighted by Crippen LogP contribution is -2.39. The molecule has 0 saturated heterocycles. The first kappa shape index (κ1) is 25.6. The van der Waals surface area contributed by atoms with Gasteiger partial charge in [-0.15, -0.1) is 0 Å². The van der Waals surface area contributed by atoms with Crippen LogP contribution in [-0.2, 0) is 0 Å². The van der Waals surface area contributed by atoms with Crippen LogP contribution < -0.4 is 5.32 Å². The predicted molar refractivity (Wildman–Crippen MR) is 187 cm³/mol. The molecule has 4 heterocycles. The number of benzene rings is 5. The van der Waals surface area contributed by atoms with Crippen molar-refractivity contribution in [2.45, 2.75) is 6.17 Å². The van der Waals surface area contributed by atoms with Gasteiger partial charge in [0.15, 0.2) is 6.17 Å². The van der Waals surface area contributed by atoms with Crippen LogP contribution in [0.3, 0.4) is 0 Å². The summed E-state index contributed by atoms with van der Waals surface area (Å²) < 4.78 is 4.71. The van der Waals surface area contributed by atoms with E-state index in [1.165, 1.54) is 32.6 Å². The molecule has 1 N–H and O–H groups in total. The van der Waals surface area contributed by atoms with Crippen LogP contribution in [0.25, 0.3) is 49.4 Å². The lowest BCUT2D eigenvalue weighted by molar-refractivity contribution is 0.507. The number of rotatable bonds is 3. The van der Waals surface area contributed by atoms with Gasteiger partial charge in [0.1, 0.15) is 11.7 Å². The Balaban J connectivity index is 1.36. The Morgan fingerprint density at radius 3 is 2.11 bits per heavy atom. The average molecular weight is 583 g/mol. The Kier molecular flexibility index (Phi) is 5.75. The number of aromatic nitrogens is 2. The van der Waals surface area contributed by atoms with Crippen molar-refractivity contribution in [2.24, 2.45) is 9.98 Å². The highest BCUT2D eigenvalue weighted by Crippen LogP contribution is 2.41. The summed E-state index contributed by atoms with van der Waals surface area (Å²) in [6.07, 6.45) is 6.19. The van der Waals surface area contributed by atoms with Gasteiger partial charge in [-0.3, -0.25) is 9.13 Å². The maximum Gasteiger partial charge on any atom is 0.211 e. The molecule has 6 heteroatoms. The number of para-hydroxylation sites is 2. The molecule has 0 radical (unpaired) electrons. The summed E-state index contributed by atoms with van der Waals surface area (Å²) in [7, 11) is 2.16. The van der Waals surface area contributed by atoms with E-state index < -0.39 is 0 Å². The summed E-state index contributed by atoms with van der Waals surface area (Å²) in [5.74, 6) is 2.71. The van der Waals surface area contributed by atoms with Crippen LogP contribution in [0, 0.1) is 0 Å². The van der Waals surface area contributed by atoms with Crippen molar-refractivity contribution in [1.29, 1.82) is 0 Å². The number of hydrogen-bond donors (Lipinski definition) is 1. The SMILES string of the molecule is CN1CC=CC=C1n1c2ccccc2c2ccc3c(c4ccccc4n3C3=NC(c4ccccc4)N=C(c4ccccc4)N3)c21. The molecule has 0 saturated carbocycles. The van der Waals surface area contributed by atoms with Crippen LogP contribution in [0.15, 0.2) is 150 Å². The summed E-state index contributed by atoms with van der Waals surface area (Å²) >= 11 is 0. The molecule has 7 aromatic rings. The van der Waals surface area contributed by atoms with E-state index in [0.29, 0.717) is 0 Å². The Bertz CT molecular complexity index is 2390. The second-order valence-corrected chi connectivity index (χ2v) is 11.6. The maximum absolute atomic E-state index is 5.26. The molecule has 6 nitrogen and oxygen atoms in total. The largest absolute Gasteiger partial charge is 0.357 e. The van der Waals surface area contributed by atoms with Crippen LogP contribution in [-0.4, -0.2) is 39.4 Å². The van der Waals surface area contributed by atoms with Crippen molar-refractivity contribution >= 4 is 61.2 Å². The van der Waals surface area contributed by atoms with Crippen LogP contribution in [0.5, 0.6) is 0 Å². The van der Waals surface area contributed by atoms with E-state index in [4.69, 9.17) is 9.98 Å². The Hall–Kier alpha value is -5.88. The van der Waals surface area contributed by atoms with Gasteiger partial charge in [0.2, 0.25) is 5.96 Å². The van der Waals surface area contributed by atoms with Gasteiger partial charge in [-0.2, -0.15) is 0 Å². The van der Waals surface area contributed by atoms with Crippen LogP contribution >= 0.6 is 0 Å². The molecule has 2 aliphatic heterocycles. The molecular formula is C39H30N6. The molecule has 2 aromatic heterocycles. The molecule has 0 amide bonds. The molecule has 45 heavy (non-hydrogen) atoms. The van der Waals surface area contributed by atoms with E-state index in [2.05, 4.69) is 130 Å². The Morgan fingerprint density at radius 1 is 0.644 bits per heavy atom. The van der Waals surface area contributed by atoms with Crippen LogP contribution in [0.4, 0.5) is 0 Å². The predicted octanol–water partition coefficient (Wildman–Crippen LogP) is 8.16. The van der Waals surface area contributed by atoms with Gasteiger partial charge in [0.05, 0.1) is 22.1 Å². The highest BCUT2D eigenvalue weighted by Gasteiger charge is 2.26. The van der Waals surface area contributed by atoms with Gasteiger partial charge >= 0.3 is 0 Å². The summed E-state index contributed by atoms with van der Waals surface area (Å²) in [6.45, 7) is 0.862. The van der Waals surface area contributed by atoms with Crippen molar-refractivity contribution in [1.82, 2.24) is 19.4 Å². The van der Waals surface area contributed by atoms with E-state index in [1.807, 2.05) is 36.4 Å². The van der Waals surface area contributed by atoms with E-state index in [9.17, 15) is 0 Å². The molecular weight excluding hydrogens is 552 g/mol. The third-order valence-corrected chi connectivity index (χ3v) is 8.93. The van der Waals surface area contributed by atoms with Gasteiger partial charge < -0.3 is 10.2 Å². The maximum atomic E-state index is 5.26. The van der Waals surface area contributed by atoms with Gasteiger partial charge in [0.25, 0.3) is 0 Å². The summed E-state index contributed by atoms with van der Waals surface area (Å²) in [5.41, 5.74) is 6.65. The molecule has 9 rings (SSSR count). The topological polar surface area (TPSA) is 49.9 Å². The van der Waals surface area contributed by atoms with Crippen molar-refractivity contribution in [3.05, 3.63) is 151 Å². The summed E-state index contributed by atoms with van der Waals surface area (Å²) in [6, 6.07) is 42.5. The Morgan fingerprint density at radius 2 is 1.33 bits per heavy atom. The lowest BCUT2D eigenvalue weighted by Gasteiger charge is -2.26. The average Bonchev–Trinajstić information content (AvgIpc) is 3.62. The zero-order valence-electron chi connectivity index (χ0n) is 24.8. The van der Waals surface area contributed by atoms with E-state index >= 15 is 0 Å². The number of likely N-dealkylation sites (N-methyl/N-ethyl adjacent to an activating group) is 1. The molecule has 5 aromatic carbocycles. The molecule has 2 aliphatic rings. The fraction of sp³-hybridized carbons (Fsp3) is 0.0769. The third-order valence-electron chi connectivity index (χ3n) is 8.93. The summed E-state index contributed by atoms with van der Waals surface area (Å²) in [4.78, 5) is 12.7. The normalized spacial score (nSPS) is 16.7. The van der Waals surface area contributed by atoms with Crippen molar-refractivity contribution in [2.75, 3.05) is 13.6 Å². The monoisotopic (exact) mass is 582 g/mol. The first-order chi connectivity index (χ1) is 22.3. The standard InChI is InChI=1S/C39H30N6/c1-43-25-13-12-22-34(43)45-31-20-10-8-18-28(31)29-23-24-33-35(36(29)45)30-19-9-11-21-32(30)44(33)39-41-37(26-14-4-2-5-15-26)40-38(42-39)27-16-6-3-7-17-27/h2-24,37H,25H2,1H3,(H,40,41,42). The first-order valence-electron chi connectivity index (χ1n) is 15.3. The molecule has 216 valence electrons. The number of fused-ring (bicyclic) bond motifs is 7. The first-order valence-corrected chi connectivity index (χ1v) is 15.3. The molecule has 0 aliphatic carbocycles. The number of aliphatic imine (C=N–C) groups is 2. The minimum Gasteiger partial charge on any atom is -0.357 e. The molecule has 0 bridgehead atoms. The van der Waals surface area contributed by atoms with E-state index in [0.717, 1.165) is 46.3 Å². The zero-order chi connectivity index (χ0) is 29.9. The van der Waals surface area contributed by atoms with Crippen LogP contribution in [0.2, 0.25) is 0 Å². The number of nitrogens with one attached hydrogen (secondary N) is 1. The molecule has 1 atom stereocenters. The second-order valence-electron chi connectivity index (χ2n) is 11.6. The number of nitrogens with zero attached hydrogens (tertiary/aromatic N) is 5. The number of hydrogen-bond acceptors (Lipinski definition) is 4. The highest BCUT2D eigenvalue weighted by atomic mass is 15.3. The minimum atomic E-state index is -0.378. The number of amidine groups is 1. The lowest BCUT2D eigenvalue weighted by atomic mass is 10.1. The smallest absolute Gasteiger partial charge is 0.211 e. The Labute approximate surface area is 260 Å². The zero-order valence-corrected chi connectivity index (χ0v) is 24.8. The van der Waals surface area contributed by atoms with Crippen molar-refractivity contribution < 1.29 is 0 Å². The fourth-order valence-corrected chi connectivity index (χ4v) is 6.88. The van der Waals surface area contributed by atoms with E-state index in [1.54, 1.807) is 0 Å². The quantitative estimate of drug-likeness (QED) is 0.229. The third kappa shape index (κ3) is 3.96.